The zero-order valence-corrected chi connectivity index (χ0v) is 17.7. The summed E-state index contributed by atoms with van der Waals surface area (Å²) >= 11 is 0. The largest absolute Gasteiger partial charge is 0.465 e. The van der Waals surface area contributed by atoms with E-state index in [1.165, 1.54) is 21.0 Å². The third-order valence-electron chi connectivity index (χ3n) is 4.95. The van der Waals surface area contributed by atoms with Crippen molar-refractivity contribution < 1.29 is 28.3 Å². The molecule has 0 saturated carbocycles. The predicted octanol–water partition coefficient (Wildman–Crippen LogP) is 3.41. The van der Waals surface area contributed by atoms with E-state index in [0.29, 0.717) is 11.3 Å². The van der Waals surface area contributed by atoms with Gasteiger partial charge in [0.25, 0.3) is 0 Å². The van der Waals surface area contributed by atoms with Gasteiger partial charge in [-0.2, -0.15) is 5.26 Å². The van der Waals surface area contributed by atoms with Gasteiger partial charge in [-0.05, 0) is 45.4 Å². The Bertz CT molecular complexity index is 1210. The van der Waals surface area contributed by atoms with Crippen LogP contribution in [0.15, 0.2) is 28.9 Å². The van der Waals surface area contributed by atoms with Crippen molar-refractivity contribution in [3.8, 4) is 12.0 Å². The Morgan fingerprint density at radius 3 is 2.35 bits per heavy atom. The molecule has 0 radical (unpaired) electrons. The summed E-state index contributed by atoms with van der Waals surface area (Å²) in [5.41, 5.74) is 1.26. The molecule has 1 atom stereocenters. The van der Waals surface area contributed by atoms with Crippen molar-refractivity contribution in [1.82, 2.24) is 9.55 Å². The van der Waals surface area contributed by atoms with Crippen molar-refractivity contribution in [3.63, 3.8) is 0 Å². The fourth-order valence-corrected chi connectivity index (χ4v) is 3.41. The molecule has 9 nitrogen and oxygen atoms in total. The molecule has 0 amide bonds. The van der Waals surface area contributed by atoms with E-state index in [1.807, 2.05) is 6.07 Å². The first-order chi connectivity index (χ1) is 14.7. The molecule has 31 heavy (non-hydrogen) atoms. The number of ether oxygens (including phenoxy) is 2. The van der Waals surface area contributed by atoms with Gasteiger partial charge >= 0.3 is 11.9 Å². The average Bonchev–Trinajstić information content (AvgIpc) is 3.44. The number of aryl methyl sites for hydroxylation is 2. The minimum Gasteiger partial charge on any atom is -0.465 e. The van der Waals surface area contributed by atoms with Crippen LogP contribution in [-0.2, 0) is 9.47 Å². The number of Topliss-reactive ketones (excluding diaryl/α,β-unsaturated/α-hetero) is 1. The summed E-state index contributed by atoms with van der Waals surface area (Å²) in [6.45, 7) is 6.21. The number of carbonyl (C=O) groups excluding carboxylic acids is 3. The lowest BCUT2D eigenvalue weighted by Crippen LogP contribution is -2.26. The molecule has 0 bridgehead atoms. The van der Waals surface area contributed by atoms with Gasteiger partial charge in [0.15, 0.2) is 6.10 Å². The second kappa shape index (κ2) is 8.36. The quantitative estimate of drug-likeness (QED) is 0.475. The molecule has 9 heteroatoms. The van der Waals surface area contributed by atoms with E-state index < -0.39 is 23.8 Å². The predicted molar refractivity (Wildman–Crippen MR) is 108 cm³/mol. The van der Waals surface area contributed by atoms with Crippen LogP contribution in [0.3, 0.4) is 0 Å². The third-order valence-corrected chi connectivity index (χ3v) is 4.95. The molecule has 0 aliphatic heterocycles. The van der Waals surface area contributed by atoms with E-state index in [-0.39, 0.29) is 34.0 Å². The highest BCUT2D eigenvalue weighted by atomic mass is 16.5. The lowest BCUT2D eigenvalue weighted by molar-refractivity contribution is 0.0314. The smallest absolute Gasteiger partial charge is 0.343 e. The number of aromatic amines is 1. The molecule has 0 aliphatic carbocycles. The zero-order valence-electron chi connectivity index (χ0n) is 17.7. The van der Waals surface area contributed by atoms with Crippen molar-refractivity contribution in [2.24, 2.45) is 0 Å². The Morgan fingerprint density at radius 1 is 1.13 bits per heavy atom. The lowest BCUT2D eigenvalue weighted by atomic mass is 10.1. The molecule has 3 aromatic rings. The lowest BCUT2D eigenvalue weighted by Gasteiger charge is -2.12. The number of nitrogens with zero attached hydrogens (tertiary/aromatic N) is 2. The molecule has 1 unspecified atom stereocenters. The molecule has 3 rings (SSSR count). The van der Waals surface area contributed by atoms with Crippen LogP contribution in [0, 0.1) is 32.1 Å². The molecule has 3 aromatic heterocycles. The molecule has 0 aromatic carbocycles. The fourth-order valence-electron chi connectivity index (χ4n) is 3.41. The maximum absolute atomic E-state index is 12.9. The van der Waals surface area contributed by atoms with Gasteiger partial charge in [-0.3, -0.25) is 9.36 Å². The van der Waals surface area contributed by atoms with Gasteiger partial charge in [0.2, 0.25) is 11.7 Å². The standard InChI is InChI=1S/C22H21N3O6/c1-11-16(21(27)29-5)12(2)24-18(11)19(26)14(4)31-22(28)17-13(3)30-20(15(17)10-23)25-8-6-7-9-25/h6-9,14,24H,1-5H3. The Morgan fingerprint density at radius 2 is 1.77 bits per heavy atom. The number of esters is 2. The number of ketones is 1. The van der Waals surface area contributed by atoms with Crippen molar-refractivity contribution in [2.45, 2.75) is 33.8 Å². The number of aromatic nitrogens is 2. The van der Waals surface area contributed by atoms with Gasteiger partial charge in [0, 0.05) is 18.1 Å². The highest BCUT2D eigenvalue weighted by molar-refractivity contribution is 6.05. The molecule has 0 spiro atoms. The van der Waals surface area contributed by atoms with E-state index in [1.54, 1.807) is 42.9 Å². The van der Waals surface area contributed by atoms with Crippen LogP contribution in [-0.4, -0.2) is 40.5 Å². The first-order valence-electron chi connectivity index (χ1n) is 9.40. The summed E-state index contributed by atoms with van der Waals surface area (Å²) in [7, 11) is 1.25. The fraction of sp³-hybridized carbons (Fsp3) is 0.273. The van der Waals surface area contributed by atoms with Gasteiger partial charge in [-0.25, -0.2) is 9.59 Å². The summed E-state index contributed by atoms with van der Waals surface area (Å²) in [6, 6.07) is 5.47. The molecule has 0 fully saturated rings. The minimum absolute atomic E-state index is 0.0122. The average molecular weight is 423 g/mol. The second-order valence-electron chi connectivity index (χ2n) is 6.94. The maximum atomic E-state index is 12.9. The Hall–Kier alpha value is -4.06. The van der Waals surface area contributed by atoms with Crippen LogP contribution in [0.2, 0.25) is 0 Å². The number of nitriles is 1. The van der Waals surface area contributed by atoms with E-state index in [2.05, 4.69) is 4.98 Å². The normalized spacial score (nSPS) is 11.6. The number of rotatable bonds is 6. The van der Waals surface area contributed by atoms with Gasteiger partial charge in [-0.15, -0.1) is 0 Å². The SMILES string of the molecule is COC(=O)c1c(C)[nH]c(C(=O)C(C)OC(=O)c2c(C)oc(-n3cccc3)c2C#N)c1C. The Kier molecular flexibility index (Phi) is 5.83. The molecular formula is C22H21N3O6. The number of furan rings is 1. The second-order valence-corrected chi connectivity index (χ2v) is 6.94. The van der Waals surface area contributed by atoms with E-state index in [0.717, 1.165) is 0 Å². The Labute approximate surface area is 178 Å². The van der Waals surface area contributed by atoms with Crippen molar-refractivity contribution in [2.75, 3.05) is 7.11 Å². The van der Waals surface area contributed by atoms with Crippen LogP contribution in [0.1, 0.15) is 60.7 Å². The summed E-state index contributed by atoms with van der Waals surface area (Å²) in [5.74, 6) is -1.56. The topological polar surface area (TPSA) is 127 Å². The van der Waals surface area contributed by atoms with E-state index in [9.17, 15) is 19.6 Å². The number of hydrogen-bond acceptors (Lipinski definition) is 7. The van der Waals surface area contributed by atoms with Gasteiger partial charge in [-0.1, -0.05) is 0 Å². The van der Waals surface area contributed by atoms with Crippen molar-refractivity contribution in [1.29, 1.82) is 5.26 Å². The molecule has 3 heterocycles. The first-order valence-corrected chi connectivity index (χ1v) is 9.40. The van der Waals surface area contributed by atoms with Crippen LogP contribution in [0.4, 0.5) is 0 Å². The molecular weight excluding hydrogens is 402 g/mol. The van der Waals surface area contributed by atoms with E-state index >= 15 is 0 Å². The molecule has 160 valence electrons. The van der Waals surface area contributed by atoms with Gasteiger partial charge < -0.3 is 18.9 Å². The zero-order chi connectivity index (χ0) is 22.9. The molecule has 0 aliphatic rings. The number of nitrogens with one attached hydrogen (secondary N) is 1. The number of carbonyl (C=O) groups is 3. The third kappa shape index (κ3) is 3.75. The minimum atomic E-state index is -1.18. The Balaban J connectivity index is 1.88. The van der Waals surface area contributed by atoms with Crippen LogP contribution in [0.25, 0.3) is 5.88 Å². The summed E-state index contributed by atoms with van der Waals surface area (Å²) in [5, 5.41) is 9.58. The molecule has 1 N–H and O–H groups in total. The number of H-pyrrole nitrogens is 1. The van der Waals surface area contributed by atoms with Gasteiger partial charge in [0.1, 0.15) is 23.0 Å². The number of hydrogen-bond donors (Lipinski definition) is 1. The molecule has 0 saturated heterocycles. The van der Waals surface area contributed by atoms with Crippen LogP contribution >= 0.6 is 0 Å². The number of methoxy groups -OCH3 is 1. The van der Waals surface area contributed by atoms with Gasteiger partial charge in [0.05, 0.1) is 18.4 Å². The summed E-state index contributed by atoms with van der Waals surface area (Å²) in [4.78, 5) is 40.5. The van der Waals surface area contributed by atoms with Crippen LogP contribution in [0.5, 0.6) is 0 Å². The summed E-state index contributed by atoms with van der Waals surface area (Å²) in [6.07, 6.45) is 2.18. The first kappa shape index (κ1) is 21.6. The van der Waals surface area contributed by atoms with Crippen molar-refractivity contribution >= 4 is 17.7 Å². The highest BCUT2D eigenvalue weighted by Gasteiger charge is 2.31. The maximum Gasteiger partial charge on any atom is 0.343 e. The summed E-state index contributed by atoms with van der Waals surface area (Å²) < 4.78 is 17.3. The van der Waals surface area contributed by atoms with Crippen molar-refractivity contribution in [3.05, 3.63) is 63.9 Å². The van der Waals surface area contributed by atoms with E-state index in [4.69, 9.17) is 13.9 Å². The monoisotopic (exact) mass is 423 g/mol. The highest BCUT2D eigenvalue weighted by Crippen LogP contribution is 2.27. The van der Waals surface area contributed by atoms with Crippen LogP contribution < -0.4 is 0 Å².